The van der Waals surface area contributed by atoms with Crippen molar-refractivity contribution in [2.75, 3.05) is 0 Å². The zero-order valence-corrected chi connectivity index (χ0v) is 11.5. The summed E-state index contributed by atoms with van der Waals surface area (Å²) < 4.78 is 1.58. The number of unbranched alkanes of at least 4 members (excludes halogenated alkanes) is 2. The number of carbonyl (C=O) groups is 1. The van der Waals surface area contributed by atoms with E-state index in [1.54, 1.807) is 23.0 Å². The quantitative estimate of drug-likeness (QED) is 0.477. The summed E-state index contributed by atoms with van der Waals surface area (Å²) in [5.41, 5.74) is 2.49. The summed E-state index contributed by atoms with van der Waals surface area (Å²) in [5.74, 6) is -0.380. The molecule has 1 aromatic carbocycles. The van der Waals surface area contributed by atoms with Gasteiger partial charge in [-0.2, -0.15) is 0 Å². The predicted octanol–water partition coefficient (Wildman–Crippen LogP) is 1.75. The minimum absolute atomic E-state index is 0.0523. The monoisotopic (exact) mass is 288 g/mol. The summed E-state index contributed by atoms with van der Waals surface area (Å²) in [7, 11) is 0. The Morgan fingerprint density at radius 2 is 2.05 bits per heavy atom. The maximum Gasteiger partial charge on any atom is 0.261 e. The number of aryl methyl sites for hydroxylation is 1. The van der Waals surface area contributed by atoms with Crippen LogP contribution in [0.3, 0.4) is 0 Å². The van der Waals surface area contributed by atoms with Crippen molar-refractivity contribution in [1.29, 1.82) is 0 Å². The second-order valence-corrected chi connectivity index (χ2v) is 4.70. The minimum Gasteiger partial charge on any atom is -0.299 e. The number of benzene rings is 1. The number of nitrogens with zero attached hydrogens (tertiary/aromatic N) is 3. The van der Waals surface area contributed by atoms with Crippen LogP contribution in [-0.4, -0.2) is 15.5 Å². The molecule has 2 rings (SSSR count). The second kappa shape index (κ2) is 7.28. The molecular formula is C14H16N4O3. The van der Waals surface area contributed by atoms with Crippen molar-refractivity contribution in [2.45, 2.75) is 32.2 Å². The normalized spacial score (nSPS) is 10.5. The van der Waals surface area contributed by atoms with Gasteiger partial charge in [-0.1, -0.05) is 18.6 Å². The third kappa shape index (κ3) is 3.95. The molecule has 0 fully saturated rings. The first-order valence-corrected chi connectivity index (χ1v) is 6.78. The van der Waals surface area contributed by atoms with Crippen LogP contribution in [0.4, 0.5) is 0 Å². The van der Waals surface area contributed by atoms with Crippen molar-refractivity contribution >= 4 is 16.8 Å². The number of para-hydroxylation sites is 1. The molecule has 0 bridgehead atoms. The standard InChI is InChI=1S/C14H16N4O3/c19-13(16-17-21)8-2-1-5-9-18-10-15-12-7-4-3-6-11(12)14(18)20/h3-4,6-7,10H,1-2,5,8-9H2,(H,16,19,21). The molecule has 1 amide bonds. The molecule has 110 valence electrons. The van der Waals surface area contributed by atoms with Crippen molar-refractivity contribution < 1.29 is 4.79 Å². The van der Waals surface area contributed by atoms with Gasteiger partial charge in [-0.15, -0.1) is 4.91 Å². The second-order valence-electron chi connectivity index (χ2n) is 4.70. The van der Waals surface area contributed by atoms with E-state index in [0.717, 1.165) is 12.8 Å². The Morgan fingerprint density at radius 1 is 1.24 bits per heavy atom. The highest BCUT2D eigenvalue weighted by molar-refractivity contribution is 5.76. The third-order valence-electron chi connectivity index (χ3n) is 3.20. The molecule has 7 nitrogen and oxygen atoms in total. The molecule has 0 unspecified atom stereocenters. The van der Waals surface area contributed by atoms with Gasteiger partial charge in [-0.25, -0.2) is 10.4 Å². The first-order chi connectivity index (χ1) is 10.2. The van der Waals surface area contributed by atoms with Gasteiger partial charge in [0.1, 0.15) is 0 Å². The SMILES string of the molecule is O=NNC(=O)CCCCCn1cnc2ccccc2c1=O. The third-order valence-corrected chi connectivity index (χ3v) is 3.20. The molecule has 2 aromatic rings. The van der Waals surface area contributed by atoms with Gasteiger partial charge in [0.2, 0.25) is 5.91 Å². The van der Waals surface area contributed by atoms with E-state index in [4.69, 9.17) is 0 Å². The van der Waals surface area contributed by atoms with Gasteiger partial charge in [-0.3, -0.25) is 14.2 Å². The number of nitrogens with one attached hydrogen (secondary N) is 1. The van der Waals surface area contributed by atoms with Crippen molar-refractivity contribution in [3.8, 4) is 0 Å². The lowest BCUT2D eigenvalue weighted by Crippen LogP contribution is -2.20. The van der Waals surface area contributed by atoms with Gasteiger partial charge in [0.25, 0.3) is 5.56 Å². The molecule has 0 spiro atoms. The van der Waals surface area contributed by atoms with E-state index < -0.39 is 0 Å². The number of hydrogen-bond acceptors (Lipinski definition) is 5. The molecule has 1 heterocycles. The first-order valence-electron chi connectivity index (χ1n) is 6.78. The number of carbonyl (C=O) groups excluding carboxylic acids is 1. The van der Waals surface area contributed by atoms with Crippen LogP contribution >= 0.6 is 0 Å². The summed E-state index contributed by atoms with van der Waals surface area (Å²) in [6, 6.07) is 7.23. The highest BCUT2D eigenvalue weighted by atomic mass is 16.3. The Bertz CT molecular complexity index is 696. The van der Waals surface area contributed by atoms with Crippen molar-refractivity contribution in [1.82, 2.24) is 15.0 Å². The maximum atomic E-state index is 12.2. The Labute approximate surface area is 120 Å². The van der Waals surface area contributed by atoms with E-state index in [1.165, 1.54) is 0 Å². The summed E-state index contributed by atoms with van der Waals surface area (Å²) in [6.45, 7) is 0.560. The molecule has 0 aliphatic carbocycles. The fourth-order valence-corrected chi connectivity index (χ4v) is 2.12. The molecule has 0 saturated carbocycles. The van der Waals surface area contributed by atoms with Crippen LogP contribution in [0.2, 0.25) is 0 Å². The van der Waals surface area contributed by atoms with Gasteiger partial charge in [-0.05, 0) is 25.0 Å². The molecule has 0 saturated heterocycles. The van der Waals surface area contributed by atoms with Crippen molar-refractivity contribution in [3.05, 3.63) is 45.9 Å². The van der Waals surface area contributed by atoms with Gasteiger partial charge >= 0.3 is 0 Å². The Kier molecular flexibility index (Phi) is 5.14. The molecule has 0 aliphatic heterocycles. The van der Waals surface area contributed by atoms with Crippen molar-refractivity contribution in [2.24, 2.45) is 5.29 Å². The number of fused-ring (bicyclic) bond motifs is 1. The van der Waals surface area contributed by atoms with Crippen LogP contribution in [0.1, 0.15) is 25.7 Å². The number of rotatable bonds is 7. The first kappa shape index (κ1) is 14.8. The largest absolute Gasteiger partial charge is 0.299 e. The number of nitroso groups, excluding NO2 is 1. The van der Waals surface area contributed by atoms with Gasteiger partial charge in [0, 0.05) is 13.0 Å². The van der Waals surface area contributed by atoms with Gasteiger partial charge in [0.15, 0.2) is 0 Å². The minimum atomic E-state index is -0.380. The average Bonchev–Trinajstić information content (AvgIpc) is 2.49. The molecule has 1 aromatic heterocycles. The Hall–Kier alpha value is -2.57. The summed E-state index contributed by atoms with van der Waals surface area (Å²) in [6.07, 6.45) is 4.01. The van der Waals surface area contributed by atoms with E-state index in [9.17, 15) is 14.5 Å². The van der Waals surface area contributed by atoms with Crippen molar-refractivity contribution in [3.63, 3.8) is 0 Å². The molecule has 1 N–H and O–H groups in total. The number of amides is 1. The van der Waals surface area contributed by atoms with Crippen LogP contribution in [0.25, 0.3) is 10.9 Å². The van der Waals surface area contributed by atoms with Crippen LogP contribution in [0.5, 0.6) is 0 Å². The van der Waals surface area contributed by atoms with E-state index in [2.05, 4.69) is 10.3 Å². The Balaban J connectivity index is 1.87. The number of aromatic nitrogens is 2. The topological polar surface area (TPSA) is 93.4 Å². The lowest BCUT2D eigenvalue weighted by molar-refractivity contribution is -0.121. The molecule has 21 heavy (non-hydrogen) atoms. The zero-order valence-electron chi connectivity index (χ0n) is 11.5. The highest BCUT2D eigenvalue weighted by Gasteiger charge is 2.04. The lowest BCUT2D eigenvalue weighted by Gasteiger charge is -2.06. The molecule has 0 atom stereocenters. The molecule has 0 radical (unpaired) electrons. The van der Waals surface area contributed by atoms with E-state index in [-0.39, 0.29) is 17.9 Å². The smallest absolute Gasteiger partial charge is 0.261 e. The highest BCUT2D eigenvalue weighted by Crippen LogP contribution is 2.06. The van der Waals surface area contributed by atoms with E-state index >= 15 is 0 Å². The fraction of sp³-hybridized carbons (Fsp3) is 0.357. The fourth-order valence-electron chi connectivity index (χ4n) is 2.12. The van der Waals surface area contributed by atoms with Gasteiger partial charge in [0.05, 0.1) is 22.5 Å². The summed E-state index contributed by atoms with van der Waals surface area (Å²) >= 11 is 0. The lowest BCUT2D eigenvalue weighted by atomic mass is 10.2. The maximum absolute atomic E-state index is 12.2. The molecule has 7 heteroatoms. The van der Waals surface area contributed by atoms with E-state index in [0.29, 0.717) is 23.9 Å². The van der Waals surface area contributed by atoms with Crippen LogP contribution in [0.15, 0.2) is 40.7 Å². The molecular weight excluding hydrogens is 272 g/mol. The summed E-state index contributed by atoms with van der Waals surface area (Å²) in [5, 5.41) is 2.93. The zero-order chi connectivity index (χ0) is 15.1. The Morgan fingerprint density at radius 3 is 2.86 bits per heavy atom. The van der Waals surface area contributed by atoms with Crippen LogP contribution in [-0.2, 0) is 11.3 Å². The number of hydrogen-bond donors (Lipinski definition) is 1. The average molecular weight is 288 g/mol. The van der Waals surface area contributed by atoms with Gasteiger partial charge < -0.3 is 0 Å². The summed E-state index contributed by atoms with van der Waals surface area (Å²) in [4.78, 5) is 37.3. The van der Waals surface area contributed by atoms with E-state index in [1.807, 2.05) is 17.6 Å². The predicted molar refractivity (Wildman–Crippen MR) is 78.4 cm³/mol. The van der Waals surface area contributed by atoms with Crippen LogP contribution in [0, 0.1) is 4.91 Å². The molecule has 0 aliphatic rings. The van der Waals surface area contributed by atoms with Crippen LogP contribution < -0.4 is 11.0 Å².